The Kier molecular flexibility index (Phi) is 10.8. The van der Waals surface area contributed by atoms with Gasteiger partial charge in [-0.3, -0.25) is 9.20 Å². The summed E-state index contributed by atoms with van der Waals surface area (Å²) in [6.45, 7) is 7.28. The molecule has 1 saturated carbocycles. The molecule has 1 fully saturated rings. The SMILES string of the molecule is CCS(=O)C1CCCC(NC(=NC)NCC(C)(C)c2ccc(Br)cc2)C1.I. The average Bonchev–Trinajstić information content (AvgIpc) is 2.65. The van der Waals surface area contributed by atoms with Gasteiger partial charge in [-0.2, -0.15) is 0 Å². The van der Waals surface area contributed by atoms with Gasteiger partial charge >= 0.3 is 0 Å². The number of rotatable bonds is 6. The van der Waals surface area contributed by atoms with Crippen molar-refractivity contribution in [3.05, 3.63) is 34.3 Å². The van der Waals surface area contributed by atoms with Crippen molar-refractivity contribution < 1.29 is 4.21 Å². The molecule has 1 aliphatic carbocycles. The van der Waals surface area contributed by atoms with Crippen molar-refractivity contribution in [3.63, 3.8) is 0 Å². The zero-order valence-electron chi connectivity index (χ0n) is 16.8. The monoisotopic (exact) mass is 569 g/mol. The van der Waals surface area contributed by atoms with E-state index in [1.54, 1.807) is 0 Å². The first-order chi connectivity index (χ1) is 12.4. The van der Waals surface area contributed by atoms with Crippen molar-refractivity contribution in [2.75, 3.05) is 19.3 Å². The summed E-state index contributed by atoms with van der Waals surface area (Å²) < 4.78 is 13.2. The topological polar surface area (TPSA) is 53.5 Å². The van der Waals surface area contributed by atoms with E-state index in [1.165, 1.54) is 5.56 Å². The molecule has 4 nitrogen and oxygen atoms in total. The number of halogens is 2. The second kappa shape index (κ2) is 11.8. The summed E-state index contributed by atoms with van der Waals surface area (Å²) in [5, 5.41) is 7.35. The molecule has 1 aromatic carbocycles. The maximum absolute atomic E-state index is 12.1. The molecule has 0 amide bonds. The van der Waals surface area contributed by atoms with E-state index in [4.69, 9.17) is 0 Å². The van der Waals surface area contributed by atoms with Crippen LogP contribution in [0.4, 0.5) is 0 Å². The molecule has 154 valence electrons. The molecule has 27 heavy (non-hydrogen) atoms. The summed E-state index contributed by atoms with van der Waals surface area (Å²) in [5.41, 5.74) is 1.29. The van der Waals surface area contributed by atoms with Gasteiger partial charge in [0.1, 0.15) is 0 Å². The summed E-state index contributed by atoms with van der Waals surface area (Å²) >= 11 is 3.49. The number of hydrogen-bond donors (Lipinski definition) is 2. The number of guanidine groups is 1. The summed E-state index contributed by atoms with van der Waals surface area (Å²) in [6, 6.07) is 8.84. The van der Waals surface area contributed by atoms with Gasteiger partial charge in [0, 0.05) is 51.3 Å². The molecule has 0 spiro atoms. The number of aliphatic imine (C=N–C) groups is 1. The highest BCUT2D eigenvalue weighted by molar-refractivity contribution is 14.0. The lowest BCUT2D eigenvalue weighted by atomic mass is 9.85. The molecule has 0 aliphatic heterocycles. The Bertz CT molecular complexity index is 637. The fourth-order valence-corrected chi connectivity index (χ4v) is 5.06. The first-order valence-corrected chi connectivity index (χ1v) is 11.6. The Labute approximate surface area is 192 Å². The lowest BCUT2D eigenvalue weighted by Gasteiger charge is -2.31. The van der Waals surface area contributed by atoms with Crippen LogP contribution in [0.15, 0.2) is 33.7 Å². The van der Waals surface area contributed by atoms with Crippen LogP contribution in [-0.4, -0.2) is 40.8 Å². The second-order valence-electron chi connectivity index (χ2n) is 7.62. The van der Waals surface area contributed by atoms with E-state index in [2.05, 4.69) is 69.7 Å². The van der Waals surface area contributed by atoms with Crippen LogP contribution in [0.5, 0.6) is 0 Å². The van der Waals surface area contributed by atoms with Crippen LogP contribution in [0.1, 0.15) is 52.0 Å². The molecule has 0 aromatic heterocycles. The van der Waals surface area contributed by atoms with E-state index in [0.29, 0.717) is 11.3 Å². The number of nitrogens with zero attached hydrogens (tertiary/aromatic N) is 1. The van der Waals surface area contributed by atoms with Crippen LogP contribution in [0.2, 0.25) is 0 Å². The first kappa shape index (κ1) is 24.9. The fraction of sp³-hybridized carbons (Fsp3) is 0.650. The Morgan fingerprint density at radius 2 is 1.96 bits per heavy atom. The van der Waals surface area contributed by atoms with Gasteiger partial charge in [-0.05, 0) is 37.0 Å². The van der Waals surface area contributed by atoms with Crippen molar-refractivity contribution >= 4 is 56.7 Å². The lowest BCUT2D eigenvalue weighted by molar-refractivity contribution is 0.410. The summed E-state index contributed by atoms with van der Waals surface area (Å²) in [7, 11) is 1.11. The van der Waals surface area contributed by atoms with Crippen molar-refractivity contribution in [1.82, 2.24) is 10.6 Å². The molecule has 2 rings (SSSR count). The molecule has 1 aromatic rings. The summed E-state index contributed by atoms with van der Waals surface area (Å²) in [4.78, 5) is 4.39. The normalized spacial score (nSPS) is 21.9. The number of hydrogen-bond acceptors (Lipinski definition) is 2. The van der Waals surface area contributed by atoms with Crippen molar-refractivity contribution in [2.24, 2.45) is 4.99 Å². The standard InChI is InChI=1S/C20H32BrN3OS.HI/c1-5-26(25)18-8-6-7-17(13-18)24-19(22-4)23-14-20(2,3)15-9-11-16(21)12-10-15;/h9-12,17-18H,5-8,13-14H2,1-4H3,(H2,22,23,24);1H. The minimum absolute atomic E-state index is 0. The highest BCUT2D eigenvalue weighted by atomic mass is 127. The maximum atomic E-state index is 12.1. The van der Waals surface area contributed by atoms with Gasteiger partial charge in [-0.15, -0.1) is 24.0 Å². The van der Waals surface area contributed by atoms with E-state index in [9.17, 15) is 4.21 Å². The van der Waals surface area contributed by atoms with E-state index in [-0.39, 0.29) is 29.4 Å². The van der Waals surface area contributed by atoms with Crippen LogP contribution in [0.3, 0.4) is 0 Å². The van der Waals surface area contributed by atoms with Gasteiger partial charge in [-0.1, -0.05) is 55.3 Å². The predicted molar refractivity (Wildman–Crippen MR) is 132 cm³/mol. The smallest absolute Gasteiger partial charge is 0.191 e. The van der Waals surface area contributed by atoms with Crippen molar-refractivity contribution in [3.8, 4) is 0 Å². The van der Waals surface area contributed by atoms with E-state index < -0.39 is 10.8 Å². The molecule has 3 atom stereocenters. The van der Waals surface area contributed by atoms with Crippen LogP contribution < -0.4 is 10.6 Å². The van der Waals surface area contributed by atoms with E-state index in [0.717, 1.165) is 48.4 Å². The van der Waals surface area contributed by atoms with Gasteiger partial charge in [0.2, 0.25) is 0 Å². The van der Waals surface area contributed by atoms with Gasteiger partial charge in [-0.25, -0.2) is 0 Å². The summed E-state index contributed by atoms with van der Waals surface area (Å²) in [5.74, 6) is 1.59. The van der Waals surface area contributed by atoms with Gasteiger partial charge in [0.15, 0.2) is 5.96 Å². The molecule has 0 bridgehead atoms. The molecule has 0 heterocycles. The van der Waals surface area contributed by atoms with Gasteiger partial charge in [0.25, 0.3) is 0 Å². The van der Waals surface area contributed by atoms with Crippen LogP contribution >= 0.6 is 39.9 Å². The second-order valence-corrected chi connectivity index (χ2v) is 10.5. The molecule has 7 heteroatoms. The average molecular weight is 570 g/mol. The van der Waals surface area contributed by atoms with Crippen molar-refractivity contribution in [1.29, 1.82) is 0 Å². The molecule has 2 N–H and O–H groups in total. The largest absolute Gasteiger partial charge is 0.356 e. The zero-order chi connectivity index (χ0) is 19.2. The Morgan fingerprint density at radius 3 is 2.56 bits per heavy atom. The van der Waals surface area contributed by atoms with E-state index in [1.807, 2.05) is 14.0 Å². The van der Waals surface area contributed by atoms with Crippen molar-refractivity contribution in [2.45, 2.75) is 63.2 Å². The molecular formula is C20H33BrIN3OS. The highest BCUT2D eigenvalue weighted by Crippen LogP contribution is 2.25. The Hall–Kier alpha value is -0.150. The molecule has 0 saturated heterocycles. The maximum Gasteiger partial charge on any atom is 0.191 e. The third kappa shape index (κ3) is 7.65. The van der Waals surface area contributed by atoms with Crippen LogP contribution in [-0.2, 0) is 16.2 Å². The predicted octanol–water partition coefficient (Wildman–Crippen LogP) is 4.59. The van der Waals surface area contributed by atoms with Gasteiger partial charge in [0.05, 0.1) is 0 Å². The molecule has 1 aliphatic rings. The fourth-order valence-electron chi connectivity index (χ4n) is 3.45. The number of benzene rings is 1. The van der Waals surface area contributed by atoms with Crippen LogP contribution in [0.25, 0.3) is 0 Å². The minimum Gasteiger partial charge on any atom is -0.356 e. The minimum atomic E-state index is -0.700. The Balaban J connectivity index is 0.00000364. The summed E-state index contributed by atoms with van der Waals surface area (Å²) in [6.07, 6.45) is 4.31. The van der Waals surface area contributed by atoms with Crippen LogP contribution in [0, 0.1) is 0 Å². The third-order valence-corrected chi connectivity index (χ3v) is 7.44. The molecular weight excluding hydrogens is 537 g/mol. The van der Waals surface area contributed by atoms with E-state index >= 15 is 0 Å². The Morgan fingerprint density at radius 1 is 1.30 bits per heavy atom. The molecule has 0 radical (unpaired) electrons. The third-order valence-electron chi connectivity index (χ3n) is 5.17. The zero-order valence-corrected chi connectivity index (χ0v) is 21.5. The molecule has 3 unspecified atom stereocenters. The lowest BCUT2D eigenvalue weighted by Crippen LogP contribution is -2.49. The first-order valence-electron chi connectivity index (χ1n) is 9.46. The van der Waals surface area contributed by atoms with Gasteiger partial charge < -0.3 is 10.6 Å². The number of nitrogens with one attached hydrogen (secondary N) is 2. The quantitative estimate of drug-likeness (QED) is 0.299. The highest BCUT2D eigenvalue weighted by Gasteiger charge is 2.27.